The van der Waals surface area contributed by atoms with E-state index in [1.54, 1.807) is 0 Å². The van der Waals surface area contributed by atoms with E-state index in [0.29, 0.717) is 32.0 Å². The third-order valence-electron chi connectivity index (χ3n) is 3.78. The van der Waals surface area contributed by atoms with E-state index in [0.717, 1.165) is 0 Å². The summed E-state index contributed by atoms with van der Waals surface area (Å²) >= 11 is 38.6. The van der Waals surface area contributed by atoms with Gasteiger partial charge < -0.3 is 0 Å². The lowest BCUT2D eigenvalue weighted by Gasteiger charge is -2.33. The molecule has 182 valence electrons. The Balaban J connectivity index is 5.59. The minimum atomic E-state index is -3.92. The van der Waals surface area contributed by atoms with Gasteiger partial charge in [0.25, 0.3) is 0 Å². The first-order valence-corrected chi connectivity index (χ1v) is 20.8. The lowest BCUT2D eigenvalue weighted by molar-refractivity contribution is 0.0681. The summed E-state index contributed by atoms with van der Waals surface area (Å²) in [4.78, 5) is -0.322. The van der Waals surface area contributed by atoms with Gasteiger partial charge in [-0.15, -0.1) is 0 Å². The second-order valence-electron chi connectivity index (χ2n) is 6.48. The molecule has 3 unspecified atom stereocenters. The van der Waals surface area contributed by atoms with Gasteiger partial charge in [0.05, 0.1) is 26.6 Å². The van der Waals surface area contributed by atoms with Gasteiger partial charge in [0.15, 0.2) is 0 Å². The van der Waals surface area contributed by atoms with Gasteiger partial charge in [-0.25, -0.2) is 4.57 Å². The molecule has 0 heterocycles. The van der Waals surface area contributed by atoms with Crippen LogP contribution in [0.5, 0.6) is 0 Å². The molecule has 0 spiro atoms. The van der Waals surface area contributed by atoms with E-state index in [1.807, 2.05) is 0 Å². The first-order valence-electron chi connectivity index (χ1n) is 8.07. The maximum Gasteiger partial charge on any atom is 0.475 e. The molecule has 0 saturated carbocycles. The van der Waals surface area contributed by atoms with Crippen LogP contribution in [-0.4, -0.2) is 63.6 Å². The number of alkyl halides is 11. The Morgan fingerprint density at radius 2 is 0.967 bits per heavy atom. The molecule has 30 heavy (non-hydrogen) atoms. The lowest BCUT2D eigenvalue weighted by atomic mass is 9.98. The maximum atomic E-state index is 13.7. The van der Waals surface area contributed by atoms with Crippen LogP contribution in [0, 0.1) is 10.8 Å². The Morgan fingerprint density at radius 1 is 0.633 bits per heavy atom. The van der Waals surface area contributed by atoms with Crippen molar-refractivity contribution in [3.63, 3.8) is 0 Å². The summed E-state index contributed by atoms with van der Waals surface area (Å²) in [6, 6.07) is 0. The zero-order valence-corrected chi connectivity index (χ0v) is 33.5. The molecule has 0 aliphatic carbocycles. The van der Waals surface area contributed by atoms with Crippen molar-refractivity contribution in [3.8, 4) is 0 Å². The number of hydrogen-bond acceptors (Lipinski definition) is 4. The fourth-order valence-electron chi connectivity index (χ4n) is 1.44. The number of hydrogen-bond donors (Lipinski definition) is 0. The predicted octanol–water partition coefficient (Wildman–Crippen LogP) is 9.85. The van der Waals surface area contributed by atoms with Crippen LogP contribution < -0.4 is 0 Å². The molecule has 0 bridgehead atoms. The molecule has 0 N–H and O–H groups in total. The molecule has 0 aromatic heterocycles. The second-order valence-corrected chi connectivity index (χ2v) is 17.7. The quantitative estimate of drug-likeness (QED) is 0.108. The molecule has 16 heteroatoms. The van der Waals surface area contributed by atoms with Gasteiger partial charge in [-0.3, -0.25) is 13.6 Å². The second kappa shape index (κ2) is 17.8. The van der Waals surface area contributed by atoms with Gasteiger partial charge in [0, 0.05) is 42.8 Å². The van der Waals surface area contributed by atoms with E-state index >= 15 is 0 Å². The van der Waals surface area contributed by atoms with Crippen LogP contribution in [-0.2, 0) is 18.1 Å². The van der Waals surface area contributed by atoms with Crippen LogP contribution in [0.4, 0.5) is 0 Å². The van der Waals surface area contributed by atoms with Crippen molar-refractivity contribution in [3.05, 3.63) is 0 Å². The van der Waals surface area contributed by atoms with Crippen LogP contribution >= 0.6 is 183 Å². The summed E-state index contributed by atoms with van der Waals surface area (Å²) in [5, 5.41) is 3.19. The highest BCUT2D eigenvalue weighted by Crippen LogP contribution is 2.55. The molecule has 0 saturated heterocycles. The maximum absolute atomic E-state index is 13.7. The highest BCUT2D eigenvalue weighted by molar-refractivity contribution is 9.25. The van der Waals surface area contributed by atoms with Gasteiger partial charge >= 0.3 is 7.82 Å². The monoisotopic (exact) mass is 1150 g/mol. The van der Waals surface area contributed by atoms with Crippen molar-refractivity contribution < 1.29 is 18.1 Å². The van der Waals surface area contributed by atoms with Crippen LogP contribution in [0.3, 0.4) is 0 Å². The van der Waals surface area contributed by atoms with Crippen molar-refractivity contribution in [1.29, 1.82) is 0 Å². The minimum absolute atomic E-state index is 0.0371. The number of phosphoric ester groups is 1. The largest absolute Gasteiger partial charge is 0.475 e. The number of phosphoric acid groups is 1. The number of halogens is 11. The normalized spacial score (nSPS) is 16.7. The van der Waals surface area contributed by atoms with E-state index in [-0.39, 0.29) is 37.4 Å². The molecular weight excluding hydrogens is 1140 g/mol. The first-order chi connectivity index (χ1) is 13.9. The Labute approximate surface area is 271 Å². The van der Waals surface area contributed by atoms with Gasteiger partial charge in [-0.2, -0.15) is 0 Å². The SMILES string of the molecule is O=P(OCC(CBr)(CBr)CBr)(OCC(CBr)(CBr)CBr)OC(Br)C(Br)C(Br)C(Br)Br. The van der Waals surface area contributed by atoms with E-state index in [9.17, 15) is 4.57 Å². The molecule has 0 aliphatic rings. The van der Waals surface area contributed by atoms with Crippen molar-refractivity contribution in [2.45, 2.75) is 18.4 Å². The highest BCUT2D eigenvalue weighted by atomic mass is 79.9. The molecule has 0 fully saturated rings. The zero-order chi connectivity index (χ0) is 23.6. The summed E-state index contributed by atoms with van der Waals surface area (Å²) in [6.07, 6.45) is 0. The predicted molar refractivity (Wildman–Crippen MR) is 168 cm³/mol. The van der Waals surface area contributed by atoms with Crippen molar-refractivity contribution >= 4 is 183 Å². The van der Waals surface area contributed by atoms with Crippen molar-refractivity contribution in [2.75, 3.05) is 45.2 Å². The summed E-state index contributed by atoms with van der Waals surface area (Å²) in [7, 11) is -3.92. The van der Waals surface area contributed by atoms with Gasteiger partial charge in [0.1, 0.15) is 5.01 Å². The molecule has 4 nitrogen and oxygen atoms in total. The van der Waals surface area contributed by atoms with E-state index in [1.165, 1.54) is 0 Å². The van der Waals surface area contributed by atoms with Crippen molar-refractivity contribution in [1.82, 2.24) is 0 Å². The Morgan fingerprint density at radius 3 is 1.23 bits per heavy atom. The average Bonchev–Trinajstić information content (AvgIpc) is 2.75. The standard InChI is InChI=1S/C14H20Br11O4P/c15-1-13(2-16,3-17)7-27-30(26,28-8-14(4-18,5-19)6-20)29-12(25)10(22)9(21)11(23)24/h9-12H,1-8H2. The number of rotatable bonds is 17. The molecule has 0 rings (SSSR count). The Bertz CT molecular complexity index is 478. The summed E-state index contributed by atoms with van der Waals surface area (Å²) in [5.74, 6) is 0. The van der Waals surface area contributed by atoms with Gasteiger partial charge in [0.2, 0.25) is 0 Å². The fourth-order valence-corrected chi connectivity index (χ4v) is 13.1. The third-order valence-corrected chi connectivity index (χ3v) is 19.5. The van der Waals surface area contributed by atoms with E-state index in [2.05, 4.69) is 175 Å². The van der Waals surface area contributed by atoms with Crippen LogP contribution in [0.15, 0.2) is 0 Å². The lowest BCUT2D eigenvalue weighted by Crippen LogP contribution is -2.35. The summed E-state index contributed by atoms with van der Waals surface area (Å²) < 4.78 is 31.2. The van der Waals surface area contributed by atoms with Gasteiger partial charge in [-0.1, -0.05) is 175 Å². The van der Waals surface area contributed by atoms with Crippen molar-refractivity contribution in [2.24, 2.45) is 10.8 Å². The third kappa shape index (κ3) is 11.8. The fraction of sp³-hybridized carbons (Fsp3) is 1.00. The van der Waals surface area contributed by atoms with E-state index in [4.69, 9.17) is 13.6 Å². The highest BCUT2D eigenvalue weighted by Gasteiger charge is 2.41. The first kappa shape index (κ1) is 35.4. The summed E-state index contributed by atoms with van der Waals surface area (Å²) in [6.45, 7) is 0.333. The average molecular weight is 1160 g/mol. The van der Waals surface area contributed by atoms with Crippen LogP contribution in [0.2, 0.25) is 0 Å². The zero-order valence-electron chi connectivity index (χ0n) is 15.2. The topological polar surface area (TPSA) is 44.8 Å². The molecule has 0 aromatic rings. The van der Waals surface area contributed by atoms with Gasteiger partial charge in [-0.05, 0) is 0 Å². The molecule has 3 atom stereocenters. The molecule has 0 aliphatic heterocycles. The summed E-state index contributed by atoms with van der Waals surface area (Å²) in [5.41, 5.74) is -0.631. The van der Waals surface area contributed by atoms with E-state index < -0.39 is 12.8 Å². The van der Waals surface area contributed by atoms with Crippen LogP contribution in [0.1, 0.15) is 0 Å². The molecule has 0 aromatic carbocycles. The molecule has 0 radical (unpaired) electrons. The van der Waals surface area contributed by atoms with Crippen LogP contribution in [0.25, 0.3) is 0 Å². The molecule has 0 amide bonds. The minimum Gasteiger partial charge on any atom is -0.286 e. The Kier molecular flexibility index (Phi) is 21.0. The molecular formula is C14H20Br11O4P. The Hall–Kier alpha value is 5.39. The smallest absolute Gasteiger partial charge is 0.286 e.